The molecule has 0 saturated heterocycles. The minimum atomic E-state index is -0.544. The third-order valence-electron chi connectivity index (χ3n) is 1.69. The number of nitrogens with zero attached hydrogens (tertiary/aromatic N) is 1. The van der Waals surface area contributed by atoms with Crippen molar-refractivity contribution in [1.82, 2.24) is 10.1 Å². The molecule has 14 heavy (non-hydrogen) atoms. The lowest BCUT2D eigenvalue weighted by atomic mass is 10.2. The molecule has 0 fully saturated rings. The monoisotopic (exact) mass is 188 g/mol. The maximum atomic E-state index is 10.6. The molecule has 0 atom stereocenters. The lowest BCUT2D eigenvalue weighted by Crippen LogP contribution is -1.94. The van der Waals surface area contributed by atoms with Crippen LogP contribution in [0.5, 0.6) is 0 Å². The molecule has 0 radical (unpaired) electrons. The van der Waals surface area contributed by atoms with Gasteiger partial charge in [0.25, 0.3) is 0 Å². The summed E-state index contributed by atoms with van der Waals surface area (Å²) in [6, 6.07) is 9.72. The molecule has 0 aliphatic carbocycles. The van der Waals surface area contributed by atoms with Crippen molar-refractivity contribution in [3.8, 4) is 0 Å². The van der Waals surface area contributed by atoms with Gasteiger partial charge in [-0.1, -0.05) is 41.6 Å². The molecule has 1 aromatic carbocycles. The van der Waals surface area contributed by atoms with Gasteiger partial charge in [-0.15, -0.1) is 0 Å². The quantitative estimate of drug-likeness (QED) is 0.777. The Bertz CT molecular complexity index is 482. The summed E-state index contributed by atoms with van der Waals surface area (Å²) in [6.07, 6.45) is 3.52. The van der Waals surface area contributed by atoms with Crippen molar-refractivity contribution in [2.24, 2.45) is 0 Å². The summed E-state index contributed by atoms with van der Waals surface area (Å²) >= 11 is 0. The van der Waals surface area contributed by atoms with Gasteiger partial charge in [0.05, 0.1) is 0 Å². The van der Waals surface area contributed by atoms with Crippen LogP contribution in [0.1, 0.15) is 11.4 Å². The van der Waals surface area contributed by atoms with Crippen LogP contribution in [0.25, 0.3) is 12.2 Å². The predicted molar refractivity (Wildman–Crippen MR) is 52.5 cm³/mol. The van der Waals surface area contributed by atoms with E-state index in [1.807, 2.05) is 36.4 Å². The number of H-pyrrole nitrogens is 1. The zero-order valence-electron chi connectivity index (χ0n) is 7.31. The highest BCUT2D eigenvalue weighted by molar-refractivity contribution is 5.66. The lowest BCUT2D eigenvalue weighted by Gasteiger charge is -1.88. The largest absolute Gasteiger partial charge is 0.439 e. The smallest absolute Gasteiger partial charge is 0.296 e. The van der Waals surface area contributed by atoms with Crippen LogP contribution in [0.2, 0.25) is 0 Å². The van der Waals surface area contributed by atoms with Gasteiger partial charge >= 0.3 is 5.76 Å². The Hall–Kier alpha value is -2.10. The molecule has 1 heterocycles. The highest BCUT2D eigenvalue weighted by Gasteiger charge is 1.93. The van der Waals surface area contributed by atoms with Gasteiger partial charge in [-0.2, -0.15) is 0 Å². The Kier molecular flexibility index (Phi) is 2.27. The fourth-order valence-corrected chi connectivity index (χ4v) is 1.05. The molecule has 0 unspecified atom stereocenters. The first-order chi connectivity index (χ1) is 6.84. The summed E-state index contributed by atoms with van der Waals surface area (Å²) in [5.41, 5.74) is 1.04. The Morgan fingerprint density at radius 2 is 2.00 bits per heavy atom. The molecule has 0 aliphatic heterocycles. The second-order valence-electron chi connectivity index (χ2n) is 2.72. The minimum Gasteiger partial charge on any atom is -0.296 e. The zero-order valence-corrected chi connectivity index (χ0v) is 7.31. The van der Waals surface area contributed by atoms with E-state index >= 15 is 0 Å². The molecule has 1 N–H and O–H groups in total. The average molecular weight is 188 g/mol. The van der Waals surface area contributed by atoms with Gasteiger partial charge in [0.1, 0.15) is 0 Å². The molecule has 0 aliphatic rings. The molecule has 0 spiro atoms. The van der Waals surface area contributed by atoms with Gasteiger partial charge in [0.2, 0.25) is 0 Å². The van der Waals surface area contributed by atoms with E-state index in [2.05, 4.69) is 14.7 Å². The maximum Gasteiger partial charge on any atom is 0.439 e. The molecule has 4 heteroatoms. The lowest BCUT2D eigenvalue weighted by molar-refractivity contribution is 0.385. The number of nitrogens with one attached hydrogen (secondary N) is 1. The van der Waals surface area contributed by atoms with Crippen LogP contribution in [0, 0.1) is 0 Å². The maximum absolute atomic E-state index is 10.6. The third-order valence-corrected chi connectivity index (χ3v) is 1.69. The van der Waals surface area contributed by atoms with E-state index in [-0.39, 0.29) is 0 Å². The topological polar surface area (TPSA) is 58.9 Å². The summed E-state index contributed by atoms with van der Waals surface area (Å²) in [6.45, 7) is 0. The van der Waals surface area contributed by atoms with Crippen molar-refractivity contribution in [2.75, 3.05) is 0 Å². The first-order valence-corrected chi connectivity index (χ1v) is 4.14. The van der Waals surface area contributed by atoms with Crippen LogP contribution in [0.3, 0.4) is 0 Å². The Labute approximate surface area is 79.9 Å². The van der Waals surface area contributed by atoms with Gasteiger partial charge in [-0.05, 0) is 11.6 Å². The number of hydrogen-bond donors (Lipinski definition) is 1. The van der Waals surface area contributed by atoms with Crippen LogP contribution in [-0.4, -0.2) is 10.1 Å². The fraction of sp³-hybridized carbons (Fsp3) is 0. The predicted octanol–water partition coefficient (Wildman–Crippen LogP) is 1.53. The molecule has 1 aromatic heterocycles. The summed E-state index contributed by atoms with van der Waals surface area (Å²) in [4.78, 5) is 13.0. The highest BCUT2D eigenvalue weighted by atomic mass is 16.5. The fourth-order valence-electron chi connectivity index (χ4n) is 1.05. The summed E-state index contributed by atoms with van der Waals surface area (Å²) in [5.74, 6) is -0.128. The van der Waals surface area contributed by atoms with E-state index in [1.165, 1.54) is 0 Å². The number of rotatable bonds is 2. The molecular formula is C10H8N2O2. The van der Waals surface area contributed by atoms with Crippen molar-refractivity contribution in [3.63, 3.8) is 0 Å². The van der Waals surface area contributed by atoms with E-state index in [9.17, 15) is 4.79 Å². The highest BCUT2D eigenvalue weighted by Crippen LogP contribution is 2.03. The molecule has 70 valence electrons. The van der Waals surface area contributed by atoms with Crippen molar-refractivity contribution in [3.05, 3.63) is 52.3 Å². The van der Waals surface area contributed by atoms with E-state index in [4.69, 9.17) is 0 Å². The van der Waals surface area contributed by atoms with E-state index in [0.29, 0.717) is 5.82 Å². The van der Waals surface area contributed by atoms with Crippen LogP contribution in [0.15, 0.2) is 39.6 Å². The average Bonchev–Trinajstić information content (AvgIpc) is 2.63. The van der Waals surface area contributed by atoms with Gasteiger partial charge in [-0.25, -0.2) is 4.79 Å². The summed E-state index contributed by atoms with van der Waals surface area (Å²) in [5, 5.41) is 3.50. The van der Waals surface area contributed by atoms with Gasteiger partial charge < -0.3 is 0 Å². The number of benzene rings is 1. The summed E-state index contributed by atoms with van der Waals surface area (Å²) in [7, 11) is 0. The van der Waals surface area contributed by atoms with Crippen LogP contribution >= 0.6 is 0 Å². The second kappa shape index (κ2) is 3.74. The van der Waals surface area contributed by atoms with Crippen LogP contribution in [-0.2, 0) is 0 Å². The van der Waals surface area contributed by atoms with Crippen LogP contribution < -0.4 is 5.76 Å². The molecule has 2 aromatic rings. The Morgan fingerprint density at radius 1 is 1.21 bits per heavy atom. The van der Waals surface area contributed by atoms with Crippen molar-refractivity contribution < 1.29 is 4.52 Å². The van der Waals surface area contributed by atoms with Gasteiger partial charge in [-0.3, -0.25) is 9.51 Å². The normalized spacial score (nSPS) is 10.9. The second-order valence-corrected chi connectivity index (χ2v) is 2.72. The van der Waals surface area contributed by atoms with Crippen molar-refractivity contribution >= 4 is 12.2 Å². The molecule has 4 nitrogen and oxygen atoms in total. The first kappa shape index (κ1) is 8.50. The first-order valence-electron chi connectivity index (χ1n) is 4.14. The minimum absolute atomic E-state index is 0.416. The van der Waals surface area contributed by atoms with E-state index in [0.717, 1.165) is 5.56 Å². The molecule has 0 bridgehead atoms. The molecule has 0 amide bonds. The van der Waals surface area contributed by atoms with Crippen LogP contribution in [0.4, 0.5) is 0 Å². The third kappa shape index (κ3) is 1.98. The Balaban J connectivity index is 2.19. The van der Waals surface area contributed by atoms with Gasteiger partial charge in [0.15, 0.2) is 5.82 Å². The van der Waals surface area contributed by atoms with Crippen molar-refractivity contribution in [2.45, 2.75) is 0 Å². The molecule has 0 saturated carbocycles. The molecule has 2 rings (SSSR count). The standard InChI is InChI=1S/C10H8N2O2/c13-10-11-9(12-14-10)7-6-8-4-2-1-3-5-8/h1-7H,(H,11,12,13). The van der Waals surface area contributed by atoms with E-state index < -0.39 is 5.76 Å². The van der Waals surface area contributed by atoms with E-state index in [1.54, 1.807) is 6.08 Å². The van der Waals surface area contributed by atoms with Crippen molar-refractivity contribution in [1.29, 1.82) is 0 Å². The number of aromatic nitrogens is 2. The zero-order chi connectivity index (χ0) is 9.80. The summed E-state index contributed by atoms with van der Waals surface area (Å²) < 4.78 is 4.34. The number of hydrogen-bond acceptors (Lipinski definition) is 3. The SMILES string of the molecule is O=c1[nH]c(C=Cc2ccccc2)no1. The Morgan fingerprint density at radius 3 is 2.64 bits per heavy atom. The number of aromatic amines is 1. The van der Waals surface area contributed by atoms with Gasteiger partial charge in [0, 0.05) is 0 Å². The molecular weight excluding hydrogens is 180 g/mol.